The first-order valence-corrected chi connectivity index (χ1v) is 11.3. The van der Waals surface area contributed by atoms with Crippen LogP contribution < -0.4 is 16.0 Å². The van der Waals surface area contributed by atoms with Gasteiger partial charge in [0.05, 0.1) is 37.5 Å². The number of pyridine rings is 1. The molecule has 2 atom stereocenters. The fourth-order valence-electron chi connectivity index (χ4n) is 4.61. The van der Waals surface area contributed by atoms with Crippen molar-refractivity contribution in [2.75, 3.05) is 55.8 Å². The zero-order valence-corrected chi connectivity index (χ0v) is 18.3. The smallest absolute Gasteiger partial charge is 0.243 e. The quantitative estimate of drug-likeness (QED) is 0.542. The van der Waals surface area contributed by atoms with Gasteiger partial charge in [-0.1, -0.05) is 0 Å². The van der Waals surface area contributed by atoms with E-state index in [9.17, 15) is 4.39 Å². The van der Waals surface area contributed by atoms with Crippen LogP contribution in [0.15, 0.2) is 29.4 Å². The average molecular weight is 452 g/mol. The second-order valence-electron chi connectivity index (χ2n) is 8.56. The van der Waals surface area contributed by atoms with Gasteiger partial charge in [-0.3, -0.25) is 9.89 Å². The number of aromatic nitrogens is 4. The van der Waals surface area contributed by atoms with Crippen LogP contribution in [-0.2, 0) is 4.74 Å². The van der Waals surface area contributed by atoms with Gasteiger partial charge in [0.15, 0.2) is 11.6 Å². The predicted octanol–water partition coefficient (Wildman–Crippen LogP) is 2.18. The Morgan fingerprint density at radius 1 is 1.21 bits per heavy atom. The van der Waals surface area contributed by atoms with E-state index in [1.807, 2.05) is 37.7 Å². The van der Waals surface area contributed by atoms with Crippen LogP contribution in [0.1, 0.15) is 6.42 Å². The molecular formula is C22H26FN9O. The normalized spacial score (nSPS) is 23.1. The van der Waals surface area contributed by atoms with E-state index in [-0.39, 0.29) is 6.04 Å². The third-order valence-electron chi connectivity index (χ3n) is 6.51. The molecule has 3 aliphatic heterocycles. The summed E-state index contributed by atoms with van der Waals surface area (Å²) in [6, 6.07) is 5.88. The summed E-state index contributed by atoms with van der Waals surface area (Å²) >= 11 is 0. The van der Waals surface area contributed by atoms with Gasteiger partial charge in [-0.05, 0) is 24.6 Å². The van der Waals surface area contributed by atoms with E-state index in [0.717, 1.165) is 34.8 Å². The Labute approximate surface area is 190 Å². The maximum Gasteiger partial charge on any atom is 0.243 e. The molecule has 0 saturated carbocycles. The Balaban J connectivity index is 1.27. The summed E-state index contributed by atoms with van der Waals surface area (Å²) in [5, 5.41) is 14.2. The van der Waals surface area contributed by atoms with Gasteiger partial charge < -0.3 is 20.7 Å². The molecule has 2 saturated heterocycles. The Hall–Kier alpha value is -3.31. The number of halogens is 1. The molecular weight excluding hydrogens is 425 g/mol. The third kappa shape index (κ3) is 3.66. The number of ether oxygens (including phenoxy) is 1. The molecule has 0 spiro atoms. The molecule has 0 unspecified atom stereocenters. The van der Waals surface area contributed by atoms with E-state index in [1.54, 1.807) is 4.52 Å². The number of hydrogen-bond donors (Lipinski definition) is 3. The third-order valence-corrected chi connectivity index (χ3v) is 6.51. The first-order valence-electron chi connectivity index (χ1n) is 11.3. The van der Waals surface area contributed by atoms with Crippen molar-refractivity contribution in [2.24, 2.45) is 4.99 Å². The van der Waals surface area contributed by atoms with E-state index in [4.69, 9.17) is 9.72 Å². The molecule has 0 aromatic carbocycles. The Bertz CT molecular complexity index is 1210. The van der Waals surface area contributed by atoms with Crippen LogP contribution in [0.5, 0.6) is 0 Å². The second kappa shape index (κ2) is 8.23. The van der Waals surface area contributed by atoms with Crippen molar-refractivity contribution in [1.82, 2.24) is 24.5 Å². The lowest BCUT2D eigenvalue weighted by Crippen LogP contribution is -2.57. The van der Waals surface area contributed by atoms with E-state index < -0.39 is 6.17 Å². The second-order valence-corrected chi connectivity index (χ2v) is 8.56. The molecule has 2 fully saturated rings. The highest BCUT2D eigenvalue weighted by molar-refractivity contribution is 5.89. The van der Waals surface area contributed by atoms with Crippen molar-refractivity contribution >= 4 is 35.0 Å². The number of rotatable bonds is 5. The maximum absolute atomic E-state index is 14.9. The molecule has 3 aromatic heterocycles. The number of alkyl halides is 1. The number of likely N-dealkylation sites (tertiary alicyclic amines) is 1. The Morgan fingerprint density at radius 2 is 2.12 bits per heavy atom. The molecule has 6 heterocycles. The fraction of sp³-hybridized carbons (Fsp3) is 0.455. The molecule has 0 radical (unpaired) electrons. The first kappa shape index (κ1) is 20.3. The van der Waals surface area contributed by atoms with Gasteiger partial charge in [0.1, 0.15) is 17.4 Å². The van der Waals surface area contributed by atoms with Gasteiger partial charge in [-0.25, -0.2) is 13.9 Å². The van der Waals surface area contributed by atoms with Gasteiger partial charge >= 0.3 is 0 Å². The van der Waals surface area contributed by atoms with Gasteiger partial charge in [-0.2, -0.15) is 4.98 Å². The number of fused-ring (bicyclic) bond motifs is 2. The molecule has 172 valence electrons. The van der Waals surface area contributed by atoms with Crippen LogP contribution in [0.3, 0.4) is 0 Å². The van der Waals surface area contributed by atoms with Crippen LogP contribution >= 0.6 is 0 Å². The van der Waals surface area contributed by atoms with Crippen molar-refractivity contribution in [1.29, 1.82) is 0 Å². The molecule has 6 rings (SSSR count). The lowest BCUT2D eigenvalue weighted by Gasteiger charge is -2.42. The number of anilines is 3. The fourth-order valence-corrected chi connectivity index (χ4v) is 4.61. The van der Waals surface area contributed by atoms with Gasteiger partial charge in [0, 0.05) is 38.1 Å². The zero-order chi connectivity index (χ0) is 22.4. The molecule has 10 nitrogen and oxygen atoms in total. The van der Waals surface area contributed by atoms with Crippen molar-refractivity contribution in [2.45, 2.75) is 24.7 Å². The summed E-state index contributed by atoms with van der Waals surface area (Å²) in [7, 11) is 1.82. The lowest BCUT2D eigenvalue weighted by molar-refractivity contribution is -0.0794. The highest BCUT2D eigenvalue weighted by atomic mass is 19.1. The highest BCUT2D eigenvalue weighted by Crippen LogP contribution is 2.33. The molecule has 33 heavy (non-hydrogen) atoms. The maximum atomic E-state index is 14.9. The molecule has 3 aromatic rings. The van der Waals surface area contributed by atoms with Crippen molar-refractivity contribution < 1.29 is 9.13 Å². The minimum atomic E-state index is -0.994. The van der Waals surface area contributed by atoms with Crippen LogP contribution in [0.4, 0.5) is 27.7 Å². The van der Waals surface area contributed by atoms with Crippen LogP contribution in [0.2, 0.25) is 0 Å². The SMILES string of the molecule is CNc1nc(N[C@H]2CCN(C3COC3)C[C@H]2F)nn2ccc(-c3ccc4c(n3)NCC=N4)c12. The summed E-state index contributed by atoms with van der Waals surface area (Å²) < 4.78 is 21.9. The first-order chi connectivity index (χ1) is 16.2. The molecule has 0 amide bonds. The predicted molar refractivity (Wildman–Crippen MR) is 126 cm³/mol. The van der Waals surface area contributed by atoms with Crippen molar-refractivity contribution in [3.8, 4) is 11.3 Å². The number of nitrogens with zero attached hydrogens (tertiary/aromatic N) is 6. The highest BCUT2D eigenvalue weighted by Gasteiger charge is 2.35. The number of hydrogen-bond acceptors (Lipinski definition) is 9. The number of aliphatic imine (C=N–C) groups is 1. The summed E-state index contributed by atoms with van der Waals surface area (Å²) in [6.07, 6.45) is 3.40. The zero-order valence-electron chi connectivity index (χ0n) is 18.3. The van der Waals surface area contributed by atoms with E-state index in [2.05, 4.69) is 35.9 Å². The monoisotopic (exact) mass is 451 g/mol. The molecule has 11 heteroatoms. The standard InChI is InChI=1S/C22H26FN9O/c1-24-21-19-14(16-2-3-18-20(27-16)26-7-6-25-18)4-9-32(19)30-22(29-21)28-17-5-8-31(10-15(17)23)13-11-33-12-13/h2-4,6,9,13,15,17H,5,7-8,10-12H2,1H3,(H,26,27)(H2,24,28,29,30)/t15-,17+/m1/s1. The van der Waals surface area contributed by atoms with Crippen LogP contribution in [0.25, 0.3) is 16.8 Å². The summed E-state index contributed by atoms with van der Waals surface area (Å²) in [6.45, 7) is 3.30. The Kier molecular flexibility index (Phi) is 5.07. The number of piperidine rings is 1. The molecule has 3 aliphatic rings. The van der Waals surface area contributed by atoms with E-state index in [0.29, 0.717) is 50.5 Å². The molecule has 0 aliphatic carbocycles. The summed E-state index contributed by atoms with van der Waals surface area (Å²) in [5.74, 6) is 1.81. The molecule has 0 bridgehead atoms. The topological polar surface area (TPSA) is 104 Å². The lowest BCUT2D eigenvalue weighted by atomic mass is 10.0. The van der Waals surface area contributed by atoms with Crippen molar-refractivity contribution in [3.05, 3.63) is 24.4 Å². The van der Waals surface area contributed by atoms with Gasteiger partial charge in [0.25, 0.3) is 0 Å². The van der Waals surface area contributed by atoms with Crippen LogP contribution in [-0.4, -0.2) is 88.8 Å². The minimum Gasteiger partial charge on any atom is -0.378 e. The summed E-state index contributed by atoms with van der Waals surface area (Å²) in [5.41, 5.74) is 3.34. The van der Waals surface area contributed by atoms with E-state index >= 15 is 0 Å². The van der Waals surface area contributed by atoms with Crippen LogP contribution in [0, 0.1) is 0 Å². The van der Waals surface area contributed by atoms with Crippen molar-refractivity contribution in [3.63, 3.8) is 0 Å². The largest absolute Gasteiger partial charge is 0.378 e. The number of nitrogens with one attached hydrogen (secondary N) is 3. The average Bonchev–Trinajstić information content (AvgIpc) is 3.23. The molecule has 3 N–H and O–H groups in total. The summed E-state index contributed by atoms with van der Waals surface area (Å²) in [4.78, 5) is 15.9. The van der Waals surface area contributed by atoms with E-state index in [1.165, 1.54) is 0 Å². The van der Waals surface area contributed by atoms with Gasteiger partial charge in [-0.15, -0.1) is 5.10 Å². The minimum absolute atomic E-state index is 0.326. The van der Waals surface area contributed by atoms with Gasteiger partial charge in [0.2, 0.25) is 5.95 Å². The Morgan fingerprint density at radius 3 is 2.91 bits per heavy atom.